The van der Waals surface area contributed by atoms with Crippen molar-refractivity contribution in [2.75, 3.05) is 6.61 Å². The predicted octanol–water partition coefficient (Wildman–Crippen LogP) is 4.08. The number of allylic oxidation sites excluding steroid dienone is 1. The highest BCUT2D eigenvalue weighted by atomic mass is 16.5. The average Bonchev–Trinajstić information content (AvgIpc) is 2.33. The van der Waals surface area contributed by atoms with E-state index >= 15 is 0 Å². The summed E-state index contributed by atoms with van der Waals surface area (Å²) in [5.74, 6) is 0. The Hall–Kier alpha value is -0.340. The van der Waals surface area contributed by atoms with Crippen molar-refractivity contribution < 1.29 is 9.84 Å². The minimum atomic E-state index is -0.348. The standard InChI is InChI=1S/C15H30O2/c1-4-7-9-11-13-15(17-6-3)14(16)12-10-8-5-2/h11,13-16H,4-10,12H2,1-3H3/b13-11-/t14-,15+/m1/s1. The first-order valence-corrected chi connectivity index (χ1v) is 7.22. The van der Waals surface area contributed by atoms with Crippen LogP contribution in [0.1, 0.15) is 65.7 Å². The van der Waals surface area contributed by atoms with Gasteiger partial charge in [0.2, 0.25) is 0 Å². The van der Waals surface area contributed by atoms with E-state index in [0.717, 1.165) is 19.3 Å². The molecule has 0 heterocycles. The SMILES string of the molecule is CCCC/C=C\[C@H](OCC)[C@H](O)CCCCC. The minimum absolute atomic E-state index is 0.117. The Kier molecular flexibility index (Phi) is 11.9. The van der Waals surface area contributed by atoms with Gasteiger partial charge in [-0.1, -0.05) is 58.1 Å². The molecule has 0 unspecified atom stereocenters. The second kappa shape index (κ2) is 12.1. The first kappa shape index (κ1) is 16.7. The van der Waals surface area contributed by atoms with E-state index in [1.54, 1.807) is 0 Å². The monoisotopic (exact) mass is 242 g/mol. The Labute approximate surface area is 107 Å². The molecule has 0 aliphatic carbocycles. The van der Waals surface area contributed by atoms with E-state index in [4.69, 9.17) is 4.74 Å². The molecule has 0 radical (unpaired) electrons. The van der Waals surface area contributed by atoms with E-state index in [1.807, 2.05) is 13.0 Å². The molecule has 0 saturated carbocycles. The summed E-state index contributed by atoms with van der Waals surface area (Å²) in [4.78, 5) is 0. The topological polar surface area (TPSA) is 29.5 Å². The van der Waals surface area contributed by atoms with E-state index in [0.29, 0.717) is 6.61 Å². The van der Waals surface area contributed by atoms with Gasteiger partial charge in [0.05, 0.1) is 6.10 Å². The number of hydrogen-bond acceptors (Lipinski definition) is 2. The maximum absolute atomic E-state index is 10.0. The third kappa shape index (κ3) is 9.37. The van der Waals surface area contributed by atoms with Gasteiger partial charge < -0.3 is 9.84 Å². The molecule has 2 atom stereocenters. The zero-order valence-electron chi connectivity index (χ0n) is 11.8. The first-order valence-electron chi connectivity index (χ1n) is 7.22. The summed E-state index contributed by atoms with van der Waals surface area (Å²) >= 11 is 0. The van der Waals surface area contributed by atoms with E-state index in [9.17, 15) is 5.11 Å². The number of hydrogen-bond donors (Lipinski definition) is 1. The highest BCUT2D eigenvalue weighted by molar-refractivity contribution is 4.93. The van der Waals surface area contributed by atoms with Crippen LogP contribution in [0.4, 0.5) is 0 Å². The number of unbranched alkanes of at least 4 members (excludes halogenated alkanes) is 4. The van der Waals surface area contributed by atoms with Gasteiger partial charge in [0.15, 0.2) is 0 Å². The molecule has 1 N–H and O–H groups in total. The fourth-order valence-corrected chi connectivity index (χ4v) is 1.81. The van der Waals surface area contributed by atoms with Crippen LogP contribution in [0.15, 0.2) is 12.2 Å². The summed E-state index contributed by atoms with van der Waals surface area (Å²) in [6.45, 7) is 7.00. The lowest BCUT2D eigenvalue weighted by Crippen LogP contribution is -2.27. The van der Waals surface area contributed by atoms with Crippen LogP contribution in [0.5, 0.6) is 0 Å². The van der Waals surface area contributed by atoms with Gasteiger partial charge in [-0.2, -0.15) is 0 Å². The van der Waals surface area contributed by atoms with Crippen LogP contribution in [-0.4, -0.2) is 23.9 Å². The van der Waals surface area contributed by atoms with E-state index in [2.05, 4.69) is 19.9 Å². The first-order chi connectivity index (χ1) is 8.26. The molecule has 0 aromatic rings. The van der Waals surface area contributed by atoms with Gasteiger partial charge in [0, 0.05) is 6.61 Å². The summed E-state index contributed by atoms with van der Waals surface area (Å²) < 4.78 is 5.58. The number of aliphatic hydroxyl groups excluding tert-OH is 1. The molecule has 0 aliphatic heterocycles. The van der Waals surface area contributed by atoms with Crippen molar-refractivity contribution in [1.29, 1.82) is 0 Å². The Balaban J connectivity index is 3.96. The van der Waals surface area contributed by atoms with E-state index in [-0.39, 0.29) is 12.2 Å². The Morgan fingerprint density at radius 3 is 2.35 bits per heavy atom. The third-order valence-electron chi connectivity index (χ3n) is 2.89. The van der Waals surface area contributed by atoms with Gasteiger partial charge in [0.1, 0.15) is 6.10 Å². The molecule has 0 aromatic heterocycles. The lowest BCUT2D eigenvalue weighted by atomic mass is 10.0. The highest BCUT2D eigenvalue weighted by Crippen LogP contribution is 2.11. The molecule has 0 aromatic carbocycles. The quantitative estimate of drug-likeness (QED) is 0.437. The number of ether oxygens (including phenoxy) is 1. The molecule has 0 fully saturated rings. The molecule has 0 spiro atoms. The van der Waals surface area contributed by atoms with Crippen molar-refractivity contribution in [3.8, 4) is 0 Å². The maximum atomic E-state index is 10.0. The molecule has 0 aliphatic rings. The molecule has 0 bridgehead atoms. The van der Waals surface area contributed by atoms with Crippen molar-refractivity contribution >= 4 is 0 Å². The number of rotatable bonds is 11. The zero-order valence-corrected chi connectivity index (χ0v) is 11.8. The summed E-state index contributed by atoms with van der Waals surface area (Å²) in [6, 6.07) is 0. The molecule has 0 rings (SSSR count). The van der Waals surface area contributed by atoms with Crippen LogP contribution in [0, 0.1) is 0 Å². The summed E-state index contributed by atoms with van der Waals surface area (Å²) in [7, 11) is 0. The highest BCUT2D eigenvalue weighted by Gasteiger charge is 2.15. The van der Waals surface area contributed by atoms with E-state index in [1.165, 1.54) is 25.7 Å². The Morgan fingerprint density at radius 1 is 1.06 bits per heavy atom. The summed E-state index contributed by atoms with van der Waals surface area (Å²) in [5.41, 5.74) is 0. The zero-order chi connectivity index (χ0) is 12.9. The lowest BCUT2D eigenvalue weighted by molar-refractivity contribution is -0.00927. The molecule has 2 heteroatoms. The van der Waals surface area contributed by atoms with Crippen LogP contribution in [-0.2, 0) is 4.74 Å². The van der Waals surface area contributed by atoms with Gasteiger partial charge in [-0.15, -0.1) is 0 Å². The molecule has 2 nitrogen and oxygen atoms in total. The van der Waals surface area contributed by atoms with Gasteiger partial charge in [0.25, 0.3) is 0 Å². The van der Waals surface area contributed by atoms with Crippen LogP contribution in [0.25, 0.3) is 0 Å². The lowest BCUT2D eigenvalue weighted by Gasteiger charge is -2.19. The predicted molar refractivity (Wildman–Crippen MR) is 74.2 cm³/mol. The Morgan fingerprint density at radius 2 is 1.76 bits per heavy atom. The fraction of sp³-hybridized carbons (Fsp3) is 0.867. The smallest absolute Gasteiger partial charge is 0.101 e. The summed E-state index contributed by atoms with van der Waals surface area (Å²) in [6.07, 6.45) is 11.5. The molecule has 102 valence electrons. The molecule has 0 saturated heterocycles. The van der Waals surface area contributed by atoms with E-state index < -0.39 is 0 Å². The van der Waals surface area contributed by atoms with Crippen molar-refractivity contribution in [3.05, 3.63) is 12.2 Å². The van der Waals surface area contributed by atoms with Crippen molar-refractivity contribution in [3.63, 3.8) is 0 Å². The largest absolute Gasteiger partial charge is 0.390 e. The second-order valence-electron chi connectivity index (χ2n) is 4.55. The number of aliphatic hydroxyl groups is 1. The van der Waals surface area contributed by atoms with Crippen LogP contribution < -0.4 is 0 Å². The van der Waals surface area contributed by atoms with Crippen LogP contribution in [0.2, 0.25) is 0 Å². The van der Waals surface area contributed by atoms with Gasteiger partial charge in [-0.25, -0.2) is 0 Å². The third-order valence-corrected chi connectivity index (χ3v) is 2.89. The fourth-order valence-electron chi connectivity index (χ4n) is 1.81. The van der Waals surface area contributed by atoms with Gasteiger partial charge in [-0.3, -0.25) is 0 Å². The van der Waals surface area contributed by atoms with Crippen molar-refractivity contribution in [2.45, 2.75) is 77.9 Å². The normalized spacial score (nSPS) is 15.3. The van der Waals surface area contributed by atoms with Crippen molar-refractivity contribution in [1.82, 2.24) is 0 Å². The van der Waals surface area contributed by atoms with Gasteiger partial charge >= 0.3 is 0 Å². The van der Waals surface area contributed by atoms with Crippen molar-refractivity contribution in [2.24, 2.45) is 0 Å². The summed E-state index contributed by atoms with van der Waals surface area (Å²) in [5, 5.41) is 10.0. The molecular formula is C15H30O2. The van der Waals surface area contributed by atoms with Crippen LogP contribution in [0.3, 0.4) is 0 Å². The molecule has 0 amide bonds. The minimum Gasteiger partial charge on any atom is -0.390 e. The average molecular weight is 242 g/mol. The second-order valence-corrected chi connectivity index (χ2v) is 4.55. The van der Waals surface area contributed by atoms with Crippen LogP contribution >= 0.6 is 0 Å². The molecule has 17 heavy (non-hydrogen) atoms. The van der Waals surface area contributed by atoms with Gasteiger partial charge in [-0.05, 0) is 19.8 Å². The molecular weight excluding hydrogens is 212 g/mol. The Bertz CT molecular complexity index is 178. The maximum Gasteiger partial charge on any atom is 0.101 e.